The fraction of sp³-hybridized carbons (Fsp3) is 0.333. The maximum absolute atomic E-state index is 12.5. The average molecular weight is 389 g/mol. The van der Waals surface area contributed by atoms with Crippen LogP contribution in [0.5, 0.6) is 0 Å². The molecule has 2 aromatic rings. The molecule has 0 heterocycles. The van der Waals surface area contributed by atoms with Crippen molar-refractivity contribution in [3.05, 3.63) is 64.2 Å². The summed E-state index contributed by atoms with van der Waals surface area (Å²) in [7, 11) is 0. The van der Waals surface area contributed by atoms with E-state index in [2.05, 4.69) is 36.6 Å². The Morgan fingerprint density at radius 1 is 1.12 bits per heavy atom. The maximum Gasteiger partial charge on any atom is 0.233 e. The van der Waals surface area contributed by atoms with E-state index in [4.69, 9.17) is 23.8 Å². The van der Waals surface area contributed by atoms with E-state index in [1.54, 1.807) is 0 Å². The minimum Gasteiger partial charge on any atom is -0.332 e. The van der Waals surface area contributed by atoms with Crippen molar-refractivity contribution in [3.8, 4) is 0 Å². The standard InChI is InChI=1S/C21H25ClN2OS/c1-13(2)12-16-8-10-17(11-9-16)14(3)20(25)24-21(26)23-19-7-5-6-18(22)15(19)4/h5-11,13-14H,12H2,1-4H3,(H2,23,24,25,26). The first-order chi connectivity index (χ1) is 12.3. The van der Waals surface area contributed by atoms with Crippen molar-refractivity contribution in [2.75, 3.05) is 5.32 Å². The van der Waals surface area contributed by atoms with Crippen LogP contribution in [0.15, 0.2) is 42.5 Å². The van der Waals surface area contributed by atoms with Gasteiger partial charge in [0.05, 0.1) is 5.92 Å². The van der Waals surface area contributed by atoms with Gasteiger partial charge in [0, 0.05) is 10.7 Å². The van der Waals surface area contributed by atoms with E-state index < -0.39 is 0 Å². The second-order valence-corrected chi connectivity index (χ2v) is 7.73. The largest absolute Gasteiger partial charge is 0.332 e. The van der Waals surface area contributed by atoms with E-state index in [0.717, 1.165) is 23.2 Å². The molecule has 2 rings (SSSR count). The first-order valence-corrected chi connectivity index (χ1v) is 9.52. The Hall–Kier alpha value is -1.91. The van der Waals surface area contributed by atoms with Gasteiger partial charge in [-0.1, -0.05) is 55.8 Å². The molecule has 5 heteroatoms. The fourth-order valence-electron chi connectivity index (χ4n) is 2.68. The average Bonchev–Trinajstić information content (AvgIpc) is 2.58. The highest BCUT2D eigenvalue weighted by atomic mass is 35.5. The van der Waals surface area contributed by atoms with Gasteiger partial charge in [-0.15, -0.1) is 0 Å². The quantitative estimate of drug-likeness (QED) is 0.668. The zero-order valence-electron chi connectivity index (χ0n) is 15.6. The number of carbonyl (C=O) groups excluding carboxylic acids is 1. The lowest BCUT2D eigenvalue weighted by Gasteiger charge is -2.16. The summed E-state index contributed by atoms with van der Waals surface area (Å²) < 4.78 is 0. The van der Waals surface area contributed by atoms with Gasteiger partial charge in [-0.2, -0.15) is 0 Å². The number of rotatable bonds is 5. The highest BCUT2D eigenvalue weighted by molar-refractivity contribution is 7.80. The summed E-state index contributed by atoms with van der Waals surface area (Å²) in [4.78, 5) is 12.5. The van der Waals surface area contributed by atoms with Crippen molar-refractivity contribution in [3.63, 3.8) is 0 Å². The van der Waals surface area contributed by atoms with Crippen LogP contribution in [0.3, 0.4) is 0 Å². The molecule has 1 unspecified atom stereocenters. The molecule has 0 fully saturated rings. The van der Waals surface area contributed by atoms with Crippen LogP contribution in [0.4, 0.5) is 5.69 Å². The number of hydrogen-bond acceptors (Lipinski definition) is 2. The van der Waals surface area contributed by atoms with Crippen LogP contribution in [0.25, 0.3) is 0 Å². The van der Waals surface area contributed by atoms with Crippen LogP contribution in [0, 0.1) is 12.8 Å². The first-order valence-electron chi connectivity index (χ1n) is 8.73. The predicted octanol–water partition coefficient (Wildman–Crippen LogP) is 5.46. The summed E-state index contributed by atoms with van der Waals surface area (Å²) in [6, 6.07) is 13.7. The van der Waals surface area contributed by atoms with Crippen LogP contribution < -0.4 is 10.6 Å². The molecule has 1 atom stereocenters. The number of amides is 1. The van der Waals surface area contributed by atoms with E-state index >= 15 is 0 Å². The number of carbonyl (C=O) groups is 1. The van der Waals surface area contributed by atoms with Gasteiger partial charge in [0.2, 0.25) is 5.91 Å². The number of nitrogens with one attached hydrogen (secondary N) is 2. The summed E-state index contributed by atoms with van der Waals surface area (Å²) in [5.74, 6) is 0.182. The molecule has 0 aliphatic heterocycles. The third-order valence-corrected chi connectivity index (χ3v) is 4.88. The molecule has 2 aromatic carbocycles. The molecule has 2 N–H and O–H groups in total. The van der Waals surface area contributed by atoms with Gasteiger partial charge >= 0.3 is 0 Å². The Morgan fingerprint density at radius 2 is 1.77 bits per heavy atom. The van der Waals surface area contributed by atoms with Gasteiger partial charge in [-0.05, 0) is 67.2 Å². The molecule has 0 aliphatic rings. The number of benzene rings is 2. The summed E-state index contributed by atoms with van der Waals surface area (Å²) in [5.41, 5.74) is 3.93. The van der Waals surface area contributed by atoms with Gasteiger partial charge in [-0.25, -0.2) is 0 Å². The lowest BCUT2D eigenvalue weighted by atomic mass is 9.96. The zero-order chi connectivity index (χ0) is 19.3. The van der Waals surface area contributed by atoms with Gasteiger partial charge in [0.15, 0.2) is 5.11 Å². The van der Waals surface area contributed by atoms with Crippen molar-refractivity contribution in [1.29, 1.82) is 0 Å². The second kappa shape index (κ2) is 9.15. The monoisotopic (exact) mass is 388 g/mol. The normalized spacial score (nSPS) is 11.9. The van der Waals surface area contributed by atoms with Gasteiger partial charge in [0.1, 0.15) is 0 Å². The van der Waals surface area contributed by atoms with Crippen LogP contribution in [0.1, 0.15) is 43.4 Å². The lowest BCUT2D eigenvalue weighted by molar-refractivity contribution is -0.120. The molecule has 0 saturated heterocycles. The smallest absolute Gasteiger partial charge is 0.233 e. The molecule has 3 nitrogen and oxygen atoms in total. The predicted molar refractivity (Wildman–Crippen MR) is 114 cm³/mol. The number of thiocarbonyl (C=S) groups is 1. The Kier molecular flexibility index (Phi) is 7.18. The Balaban J connectivity index is 1.97. The third-order valence-electron chi connectivity index (χ3n) is 4.27. The van der Waals surface area contributed by atoms with Gasteiger partial charge < -0.3 is 10.6 Å². The van der Waals surface area contributed by atoms with Gasteiger partial charge in [-0.3, -0.25) is 4.79 Å². The summed E-state index contributed by atoms with van der Waals surface area (Å²) in [6.07, 6.45) is 1.04. The third kappa shape index (κ3) is 5.55. The Bertz CT molecular complexity index is 787. The van der Waals surface area contributed by atoms with E-state index in [1.165, 1.54) is 5.56 Å². The van der Waals surface area contributed by atoms with Crippen molar-refractivity contribution in [2.45, 2.75) is 40.0 Å². The minimum absolute atomic E-state index is 0.140. The number of halogens is 1. The van der Waals surface area contributed by atoms with E-state index in [0.29, 0.717) is 10.9 Å². The summed E-state index contributed by atoms with van der Waals surface area (Å²) in [6.45, 7) is 8.16. The molecule has 138 valence electrons. The molecule has 26 heavy (non-hydrogen) atoms. The molecule has 0 bridgehead atoms. The topological polar surface area (TPSA) is 41.1 Å². The summed E-state index contributed by atoms with van der Waals surface area (Å²) in [5, 5.41) is 6.71. The molecule has 0 aliphatic carbocycles. The van der Waals surface area contributed by atoms with Crippen LogP contribution in [0.2, 0.25) is 5.02 Å². The van der Waals surface area contributed by atoms with Crippen molar-refractivity contribution in [2.24, 2.45) is 5.92 Å². The van der Waals surface area contributed by atoms with Crippen LogP contribution >= 0.6 is 23.8 Å². The molecular formula is C21H25ClN2OS. The second-order valence-electron chi connectivity index (χ2n) is 6.92. The van der Waals surface area contributed by atoms with Crippen molar-refractivity contribution < 1.29 is 4.79 Å². The highest BCUT2D eigenvalue weighted by Crippen LogP contribution is 2.23. The molecule has 0 spiro atoms. The molecule has 0 radical (unpaired) electrons. The SMILES string of the molecule is Cc1c(Cl)cccc1NC(=S)NC(=O)C(C)c1ccc(CC(C)C)cc1. The minimum atomic E-state index is -0.289. The van der Waals surface area contributed by atoms with Crippen molar-refractivity contribution >= 4 is 40.5 Å². The van der Waals surface area contributed by atoms with Crippen LogP contribution in [-0.2, 0) is 11.2 Å². The highest BCUT2D eigenvalue weighted by Gasteiger charge is 2.17. The molecule has 0 saturated carbocycles. The lowest BCUT2D eigenvalue weighted by Crippen LogP contribution is -2.36. The van der Waals surface area contributed by atoms with Crippen LogP contribution in [-0.4, -0.2) is 11.0 Å². The Morgan fingerprint density at radius 3 is 2.38 bits per heavy atom. The number of hydrogen-bond donors (Lipinski definition) is 2. The molecule has 1 amide bonds. The molecular weight excluding hydrogens is 364 g/mol. The van der Waals surface area contributed by atoms with Gasteiger partial charge in [0.25, 0.3) is 0 Å². The Labute approximate surface area is 166 Å². The van der Waals surface area contributed by atoms with E-state index in [-0.39, 0.29) is 16.9 Å². The first kappa shape index (κ1) is 20.4. The zero-order valence-corrected chi connectivity index (χ0v) is 17.2. The maximum atomic E-state index is 12.5. The molecule has 0 aromatic heterocycles. The number of anilines is 1. The van der Waals surface area contributed by atoms with Crippen molar-refractivity contribution in [1.82, 2.24) is 5.32 Å². The van der Waals surface area contributed by atoms with E-state index in [1.807, 2.05) is 44.2 Å². The van der Waals surface area contributed by atoms with E-state index in [9.17, 15) is 4.79 Å². The fourth-order valence-corrected chi connectivity index (χ4v) is 3.07. The summed E-state index contributed by atoms with van der Waals surface area (Å²) >= 11 is 11.4.